The minimum atomic E-state index is -3.27. The van der Waals surface area contributed by atoms with E-state index in [1.807, 2.05) is 0 Å². The molecule has 1 unspecified atom stereocenters. The van der Waals surface area contributed by atoms with Crippen LogP contribution in [0, 0.1) is 0 Å². The first-order valence-corrected chi connectivity index (χ1v) is 5.68. The van der Waals surface area contributed by atoms with Gasteiger partial charge in [-0.3, -0.25) is 0 Å². The molecular formula is C7H16FNO2S. The number of hydrogen-bond acceptors (Lipinski definition) is 2. The Morgan fingerprint density at radius 2 is 1.92 bits per heavy atom. The van der Waals surface area contributed by atoms with Gasteiger partial charge in [-0.15, -0.1) is 0 Å². The highest BCUT2D eigenvalue weighted by Crippen LogP contribution is 1.99. The van der Waals surface area contributed by atoms with E-state index in [1.54, 1.807) is 6.92 Å². The molecule has 0 bridgehead atoms. The Bertz CT molecular complexity index is 213. The minimum absolute atomic E-state index is 0.0596. The largest absolute Gasteiger partial charge is 0.246 e. The van der Waals surface area contributed by atoms with Gasteiger partial charge in [0, 0.05) is 6.04 Å². The SMILES string of the molecule is CCCS(=O)(=O)N[C@H](C)C(C)F. The van der Waals surface area contributed by atoms with E-state index in [0.717, 1.165) is 0 Å². The van der Waals surface area contributed by atoms with Crippen LogP contribution in [-0.2, 0) is 10.0 Å². The summed E-state index contributed by atoms with van der Waals surface area (Å²) in [6, 6.07) is -0.637. The van der Waals surface area contributed by atoms with E-state index in [0.29, 0.717) is 6.42 Å². The van der Waals surface area contributed by atoms with E-state index < -0.39 is 22.2 Å². The van der Waals surface area contributed by atoms with E-state index in [1.165, 1.54) is 13.8 Å². The molecule has 0 saturated carbocycles. The molecule has 0 heterocycles. The third-order valence-electron chi connectivity index (χ3n) is 1.53. The first-order valence-electron chi connectivity index (χ1n) is 4.03. The van der Waals surface area contributed by atoms with Crippen LogP contribution in [0.4, 0.5) is 4.39 Å². The van der Waals surface area contributed by atoms with Gasteiger partial charge in [0.25, 0.3) is 0 Å². The predicted octanol–water partition coefficient (Wildman–Crippen LogP) is 1.06. The average Bonchev–Trinajstić information content (AvgIpc) is 1.85. The van der Waals surface area contributed by atoms with Gasteiger partial charge in [0.05, 0.1) is 5.75 Å². The predicted molar refractivity (Wildman–Crippen MR) is 47.2 cm³/mol. The molecule has 0 amide bonds. The maximum absolute atomic E-state index is 12.5. The van der Waals surface area contributed by atoms with Gasteiger partial charge in [0.2, 0.25) is 10.0 Å². The van der Waals surface area contributed by atoms with Gasteiger partial charge in [-0.05, 0) is 20.3 Å². The molecule has 0 saturated heterocycles. The van der Waals surface area contributed by atoms with Crippen molar-refractivity contribution >= 4 is 10.0 Å². The Kier molecular flexibility index (Phi) is 4.70. The van der Waals surface area contributed by atoms with Crippen molar-refractivity contribution in [3.05, 3.63) is 0 Å². The summed E-state index contributed by atoms with van der Waals surface area (Å²) in [4.78, 5) is 0. The second-order valence-corrected chi connectivity index (χ2v) is 4.78. The third-order valence-corrected chi connectivity index (χ3v) is 3.20. The fraction of sp³-hybridized carbons (Fsp3) is 1.00. The van der Waals surface area contributed by atoms with Crippen molar-refractivity contribution in [1.82, 2.24) is 4.72 Å². The van der Waals surface area contributed by atoms with Crippen molar-refractivity contribution in [2.45, 2.75) is 39.4 Å². The molecule has 0 radical (unpaired) electrons. The average molecular weight is 197 g/mol. The summed E-state index contributed by atoms with van der Waals surface area (Å²) in [6.07, 6.45) is -0.612. The number of halogens is 1. The van der Waals surface area contributed by atoms with Crippen LogP contribution >= 0.6 is 0 Å². The maximum Gasteiger partial charge on any atom is 0.211 e. The third kappa shape index (κ3) is 4.66. The fourth-order valence-electron chi connectivity index (χ4n) is 0.705. The van der Waals surface area contributed by atoms with Crippen LogP contribution in [0.1, 0.15) is 27.2 Å². The molecule has 3 nitrogen and oxygen atoms in total. The fourth-order valence-corrected chi connectivity index (χ4v) is 2.11. The molecule has 74 valence electrons. The summed E-state index contributed by atoms with van der Waals surface area (Å²) >= 11 is 0. The summed E-state index contributed by atoms with van der Waals surface area (Å²) in [7, 11) is -3.27. The smallest absolute Gasteiger partial charge is 0.211 e. The zero-order valence-electron chi connectivity index (χ0n) is 7.67. The summed E-state index contributed by atoms with van der Waals surface area (Å²) in [6.45, 7) is 4.61. The van der Waals surface area contributed by atoms with Crippen LogP contribution in [-0.4, -0.2) is 26.4 Å². The summed E-state index contributed by atoms with van der Waals surface area (Å²) in [5, 5.41) is 0. The second-order valence-electron chi connectivity index (χ2n) is 2.90. The molecule has 0 aromatic carbocycles. The first kappa shape index (κ1) is 11.8. The first-order chi connectivity index (χ1) is 5.39. The van der Waals surface area contributed by atoms with Crippen LogP contribution in [0.5, 0.6) is 0 Å². The zero-order chi connectivity index (χ0) is 9.78. The van der Waals surface area contributed by atoms with E-state index in [-0.39, 0.29) is 5.75 Å². The van der Waals surface area contributed by atoms with Crippen LogP contribution in [0.3, 0.4) is 0 Å². The second kappa shape index (κ2) is 4.77. The van der Waals surface area contributed by atoms with E-state index in [2.05, 4.69) is 4.72 Å². The molecule has 0 aromatic rings. The van der Waals surface area contributed by atoms with E-state index in [9.17, 15) is 12.8 Å². The highest BCUT2D eigenvalue weighted by atomic mass is 32.2. The van der Waals surface area contributed by atoms with Gasteiger partial charge in [-0.1, -0.05) is 6.92 Å². The number of rotatable bonds is 5. The van der Waals surface area contributed by atoms with Crippen LogP contribution in [0.25, 0.3) is 0 Å². The summed E-state index contributed by atoms with van der Waals surface area (Å²) in [5.41, 5.74) is 0. The topological polar surface area (TPSA) is 46.2 Å². The number of alkyl halides is 1. The lowest BCUT2D eigenvalue weighted by Gasteiger charge is -2.14. The molecule has 0 aliphatic carbocycles. The van der Waals surface area contributed by atoms with Gasteiger partial charge in [0.1, 0.15) is 6.17 Å². The van der Waals surface area contributed by atoms with Crippen molar-refractivity contribution in [1.29, 1.82) is 0 Å². The molecule has 0 fully saturated rings. The summed E-state index contributed by atoms with van der Waals surface area (Å²) < 4.78 is 36.9. The lowest BCUT2D eigenvalue weighted by Crippen LogP contribution is -2.39. The molecule has 2 atom stereocenters. The molecule has 0 rings (SSSR count). The number of sulfonamides is 1. The molecule has 12 heavy (non-hydrogen) atoms. The Hall–Kier alpha value is -0.160. The van der Waals surface area contributed by atoms with Crippen LogP contribution < -0.4 is 4.72 Å². The quantitative estimate of drug-likeness (QED) is 0.716. The zero-order valence-corrected chi connectivity index (χ0v) is 8.49. The molecule has 5 heteroatoms. The molecule has 0 aromatic heterocycles. The van der Waals surface area contributed by atoms with Gasteiger partial charge in [0.15, 0.2) is 0 Å². The lowest BCUT2D eigenvalue weighted by molar-refractivity contribution is 0.303. The highest BCUT2D eigenvalue weighted by Gasteiger charge is 2.17. The normalized spacial score (nSPS) is 17.3. The highest BCUT2D eigenvalue weighted by molar-refractivity contribution is 7.89. The van der Waals surface area contributed by atoms with E-state index >= 15 is 0 Å². The van der Waals surface area contributed by atoms with Crippen LogP contribution in [0.15, 0.2) is 0 Å². The van der Waals surface area contributed by atoms with E-state index in [4.69, 9.17) is 0 Å². The Morgan fingerprint density at radius 3 is 2.25 bits per heavy atom. The maximum atomic E-state index is 12.5. The molecule has 0 aliphatic heterocycles. The van der Waals surface area contributed by atoms with Gasteiger partial charge < -0.3 is 0 Å². The summed E-state index contributed by atoms with van der Waals surface area (Å²) in [5.74, 6) is 0.0596. The standard InChI is InChI=1S/C7H16FNO2S/c1-4-5-12(10,11)9-7(3)6(2)8/h6-7,9H,4-5H2,1-3H3/t6?,7-/m1/s1. The van der Waals surface area contributed by atoms with Crippen molar-refractivity contribution in [3.63, 3.8) is 0 Å². The monoisotopic (exact) mass is 197 g/mol. The molecule has 1 N–H and O–H groups in total. The molecule has 0 aliphatic rings. The minimum Gasteiger partial charge on any atom is -0.246 e. The van der Waals surface area contributed by atoms with Crippen molar-refractivity contribution in [3.8, 4) is 0 Å². The number of hydrogen-bond donors (Lipinski definition) is 1. The van der Waals surface area contributed by atoms with Gasteiger partial charge in [-0.2, -0.15) is 0 Å². The van der Waals surface area contributed by atoms with Crippen molar-refractivity contribution < 1.29 is 12.8 Å². The molecular weight excluding hydrogens is 181 g/mol. The van der Waals surface area contributed by atoms with Crippen LogP contribution in [0.2, 0.25) is 0 Å². The van der Waals surface area contributed by atoms with Crippen molar-refractivity contribution in [2.75, 3.05) is 5.75 Å². The van der Waals surface area contributed by atoms with Gasteiger partial charge >= 0.3 is 0 Å². The Morgan fingerprint density at radius 1 is 1.42 bits per heavy atom. The lowest BCUT2D eigenvalue weighted by atomic mass is 10.2. The molecule has 0 spiro atoms. The van der Waals surface area contributed by atoms with Gasteiger partial charge in [-0.25, -0.2) is 17.5 Å². The van der Waals surface area contributed by atoms with Crippen molar-refractivity contribution in [2.24, 2.45) is 0 Å². The Balaban J connectivity index is 4.07. The Labute approximate surface area is 73.4 Å². The number of nitrogens with one attached hydrogen (secondary N) is 1.